The fraction of sp³-hybridized carbons (Fsp3) is 0.0196. The van der Waals surface area contributed by atoms with Crippen LogP contribution in [0, 0.1) is 0 Å². The minimum Gasteiger partial charge on any atom is -0.455 e. The number of hydrogen-bond donors (Lipinski definition) is 0. The standard InChI is InChI=1S/C51H31NO/c1-2-12-35(13-3-1)52(37-28-24-33(25-29-37)39-15-8-17-42-40-14-4-5-21-47(40)53-50(39)42)36-26-22-32(23-27-36)38-30-31-46-49-41(38)16-9-20-45(49)51(46)43-18-6-10-34-11-7-19-44(51)48(34)43/h1-31H. The Morgan fingerprint density at radius 3 is 1.64 bits per heavy atom. The van der Waals surface area contributed by atoms with Gasteiger partial charge in [0.15, 0.2) is 0 Å². The van der Waals surface area contributed by atoms with Gasteiger partial charge in [-0.05, 0) is 103 Å². The number of fused-ring (bicyclic) bond motifs is 7. The van der Waals surface area contributed by atoms with Gasteiger partial charge in [-0.25, -0.2) is 0 Å². The summed E-state index contributed by atoms with van der Waals surface area (Å²) in [5.74, 6) is 0. The molecule has 0 amide bonds. The first-order chi connectivity index (χ1) is 26.3. The van der Waals surface area contributed by atoms with E-state index in [9.17, 15) is 0 Å². The lowest BCUT2D eigenvalue weighted by Gasteiger charge is -2.52. The van der Waals surface area contributed by atoms with Crippen LogP contribution in [0.15, 0.2) is 192 Å². The van der Waals surface area contributed by atoms with E-state index in [1.807, 2.05) is 12.1 Å². The monoisotopic (exact) mass is 673 g/mol. The molecule has 0 bridgehead atoms. The molecular formula is C51H31NO. The zero-order valence-corrected chi connectivity index (χ0v) is 28.8. The summed E-state index contributed by atoms with van der Waals surface area (Å²) in [7, 11) is 0. The molecule has 0 radical (unpaired) electrons. The molecule has 0 N–H and O–H groups in total. The van der Waals surface area contributed by atoms with Crippen LogP contribution in [0.2, 0.25) is 0 Å². The van der Waals surface area contributed by atoms with Crippen LogP contribution < -0.4 is 4.90 Å². The predicted octanol–water partition coefficient (Wildman–Crippen LogP) is 13.7. The Morgan fingerprint density at radius 2 is 0.906 bits per heavy atom. The number of nitrogens with zero attached hydrogens (tertiary/aromatic N) is 1. The van der Waals surface area contributed by atoms with Crippen LogP contribution in [-0.4, -0.2) is 0 Å². The van der Waals surface area contributed by atoms with E-state index in [1.165, 1.54) is 54.9 Å². The maximum atomic E-state index is 6.37. The molecule has 2 heteroatoms. The second kappa shape index (κ2) is 10.6. The molecule has 12 rings (SSSR count). The summed E-state index contributed by atoms with van der Waals surface area (Å²) in [6.45, 7) is 0. The molecule has 0 saturated heterocycles. The van der Waals surface area contributed by atoms with Gasteiger partial charge in [0.1, 0.15) is 11.2 Å². The average molecular weight is 674 g/mol. The van der Waals surface area contributed by atoms with Crippen molar-refractivity contribution >= 4 is 60.5 Å². The molecule has 0 unspecified atom stereocenters. The topological polar surface area (TPSA) is 16.4 Å². The highest BCUT2D eigenvalue weighted by Gasteiger charge is 2.54. The van der Waals surface area contributed by atoms with Gasteiger partial charge in [0.05, 0.1) is 5.41 Å². The lowest BCUT2D eigenvalue weighted by molar-refractivity contribution is 0.670. The van der Waals surface area contributed by atoms with E-state index < -0.39 is 0 Å². The molecule has 246 valence electrons. The van der Waals surface area contributed by atoms with Crippen LogP contribution in [0.3, 0.4) is 0 Å². The Labute approximate surface area is 306 Å². The van der Waals surface area contributed by atoms with E-state index in [0.717, 1.165) is 50.1 Å². The van der Waals surface area contributed by atoms with Crippen molar-refractivity contribution in [1.29, 1.82) is 0 Å². The first-order valence-electron chi connectivity index (χ1n) is 18.3. The SMILES string of the molecule is c1ccc(N(c2ccc(-c3ccc4c5c(cccc35)C43c4cccc5cccc3c45)cc2)c2ccc(-c3cccc4c3oc3ccccc34)cc2)cc1. The maximum Gasteiger partial charge on any atom is 0.143 e. The number of hydrogen-bond acceptors (Lipinski definition) is 2. The molecular weight excluding hydrogens is 643 g/mol. The second-order valence-electron chi connectivity index (χ2n) is 14.4. The zero-order chi connectivity index (χ0) is 34.7. The van der Waals surface area contributed by atoms with Crippen molar-refractivity contribution in [1.82, 2.24) is 0 Å². The summed E-state index contributed by atoms with van der Waals surface area (Å²) < 4.78 is 6.37. The Morgan fingerprint density at radius 1 is 0.358 bits per heavy atom. The summed E-state index contributed by atoms with van der Waals surface area (Å²) in [5.41, 5.74) is 15.5. The van der Waals surface area contributed by atoms with Crippen LogP contribution in [0.4, 0.5) is 17.1 Å². The Kier molecular flexibility index (Phi) is 5.73. The molecule has 0 saturated carbocycles. The third-order valence-electron chi connectivity index (χ3n) is 11.9. The largest absolute Gasteiger partial charge is 0.455 e. The number of para-hydroxylation sites is 3. The molecule has 0 atom stereocenters. The summed E-state index contributed by atoms with van der Waals surface area (Å²) in [5, 5.41) is 7.78. The van der Waals surface area contributed by atoms with E-state index in [-0.39, 0.29) is 5.41 Å². The zero-order valence-electron chi connectivity index (χ0n) is 28.8. The molecule has 53 heavy (non-hydrogen) atoms. The van der Waals surface area contributed by atoms with Gasteiger partial charge in [-0.1, -0.05) is 146 Å². The molecule has 10 aromatic rings. The fourth-order valence-corrected chi connectivity index (χ4v) is 9.57. The van der Waals surface area contributed by atoms with Gasteiger partial charge in [-0.15, -0.1) is 0 Å². The van der Waals surface area contributed by atoms with Gasteiger partial charge < -0.3 is 9.32 Å². The van der Waals surface area contributed by atoms with Crippen LogP contribution in [0.1, 0.15) is 22.3 Å². The molecule has 2 aliphatic rings. The van der Waals surface area contributed by atoms with Crippen molar-refractivity contribution in [3.63, 3.8) is 0 Å². The molecule has 1 heterocycles. The first-order valence-corrected chi connectivity index (χ1v) is 18.3. The third kappa shape index (κ3) is 3.77. The smallest absolute Gasteiger partial charge is 0.143 e. The van der Waals surface area contributed by atoms with Crippen LogP contribution >= 0.6 is 0 Å². The predicted molar refractivity (Wildman–Crippen MR) is 220 cm³/mol. The van der Waals surface area contributed by atoms with Crippen LogP contribution in [0.5, 0.6) is 0 Å². The van der Waals surface area contributed by atoms with Crippen LogP contribution in [0.25, 0.3) is 65.7 Å². The van der Waals surface area contributed by atoms with Gasteiger partial charge in [0.2, 0.25) is 0 Å². The van der Waals surface area contributed by atoms with Crippen LogP contribution in [-0.2, 0) is 5.41 Å². The van der Waals surface area contributed by atoms with Crippen molar-refractivity contribution in [2.45, 2.75) is 5.41 Å². The van der Waals surface area contributed by atoms with E-state index in [2.05, 4.69) is 181 Å². The minimum atomic E-state index is -0.0996. The van der Waals surface area contributed by atoms with Crippen molar-refractivity contribution < 1.29 is 4.42 Å². The molecule has 0 aliphatic heterocycles. The second-order valence-corrected chi connectivity index (χ2v) is 14.4. The van der Waals surface area contributed by atoms with Crippen molar-refractivity contribution in [2.75, 3.05) is 4.90 Å². The summed E-state index contributed by atoms with van der Waals surface area (Å²) >= 11 is 0. The van der Waals surface area contributed by atoms with E-state index in [4.69, 9.17) is 4.42 Å². The maximum absolute atomic E-state index is 6.37. The van der Waals surface area contributed by atoms with Crippen molar-refractivity contribution in [3.8, 4) is 22.3 Å². The van der Waals surface area contributed by atoms with E-state index in [0.29, 0.717) is 0 Å². The molecule has 9 aromatic carbocycles. The van der Waals surface area contributed by atoms with Gasteiger partial charge in [-0.2, -0.15) is 0 Å². The van der Waals surface area contributed by atoms with Crippen molar-refractivity contribution in [3.05, 3.63) is 210 Å². The number of rotatable bonds is 5. The summed E-state index contributed by atoms with van der Waals surface area (Å²) in [6.07, 6.45) is 0. The summed E-state index contributed by atoms with van der Waals surface area (Å²) in [4.78, 5) is 2.33. The normalized spacial score (nSPS) is 13.4. The molecule has 1 spiro atoms. The molecule has 0 fully saturated rings. The quantitative estimate of drug-likeness (QED) is 0.181. The van der Waals surface area contributed by atoms with Crippen molar-refractivity contribution in [2.24, 2.45) is 0 Å². The molecule has 2 nitrogen and oxygen atoms in total. The Hall–Kier alpha value is -6.90. The number of furan rings is 1. The van der Waals surface area contributed by atoms with E-state index in [1.54, 1.807) is 0 Å². The Balaban J connectivity index is 0.916. The highest BCUT2D eigenvalue weighted by Crippen LogP contribution is 2.65. The molecule has 1 aromatic heterocycles. The van der Waals surface area contributed by atoms with Gasteiger partial charge in [-0.3, -0.25) is 0 Å². The number of anilines is 3. The summed E-state index contributed by atoms with van der Waals surface area (Å²) in [6, 6.07) is 68.4. The van der Waals surface area contributed by atoms with E-state index >= 15 is 0 Å². The first kappa shape index (κ1) is 28.8. The highest BCUT2D eigenvalue weighted by atomic mass is 16.3. The average Bonchev–Trinajstić information content (AvgIpc) is 3.60. The van der Waals surface area contributed by atoms with Gasteiger partial charge in [0.25, 0.3) is 0 Å². The number of benzene rings is 9. The Bertz CT molecular complexity index is 3050. The molecule has 2 aliphatic carbocycles. The lowest BCUT2D eigenvalue weighted by atomic mass is 9.49. The highest BCUT2D eigenvalue weighted by molar-refractivity contribution is 6.14. The van der Waals surface area contributed by atoms with Gasteiger partial charge in [0, 0.05) is 33.4 Å². The third-order valence-corrected chi connectivity index (χ3v) is 11.9. The minimum absolute atomic E-state index is 0.0996. The van der Waals surface area contributed by atoms with Gasteiger partial charge >= 0.3 is 0 Å². The lowest BCUT2D eigenvalue weighted by Crippen LogP contribution is -2.43. The fourth-order valence-electron chi connectivity index (χ4n) is 9.57.